The molecule has 0 unspecified atom stereocenters. The molecule has 106 valence electrons. The van der Waals surface area contributed by atoms with Gasteiger partial charge < -0.3 is 15.6 Å². The monoisotopic (exact) mass is 286 g/mol. The summed E-state index contributed by atoms with van der Waals surface area (Å²) < 4.78 is 30.5. The van der Waals surface area contributed by atoms with Crippen LogP contribution in [0.4, 0.5) is 5.69 Å². The lowest BCUT2D eigenvalue weighted by molar-refractivity contribution is 0.189. The van der Waals surface area contributed by atoms with Crippen molar-refractivity contribution in [3.63, 3.8) is 0 Å². The normalized spacial score (nSPS) is 20.6. The minimum atomic E-state index is -3.35. The maximum atomic E-state index is 11.9. The Bertz CT molecular complexity index is 515. The van der Waals surface area contributed by atoms with Gasteiger partial charge in [0.15, 0.2) is 0 Å². The second kappa shape index (κ2) is 5.77. The first-order valence-corrected chi connectivity index (χ1v) is 7.72. The van der Waals surface area contributed by atoms with Gasteiger partial charge in [-0.3, -0.25) is 0 Å². The zero-order valence-electron chi connectivity index (χ0n) is 10.5. The van der Waals surface area contributed by atoms with E-state index in [9.17, 15) is 13.5 Å². The molecule has 0 aromatic heterocycles. The number of anilines is 1. The predicted octanol–water partition coefficient (Wildman–Crippen LogP) is 0.0440. The molecule has 0 amide bonds. The number of β-amino-alcohol motifs (C(OH)–C–C–N with tert-alkyl or cyclic N) is 1. The summed E-state index contributed by atoms with van der Waals surface area (Å²) in [6, 6.07) is 6.78. The number of rotatable bonds is 5. The van der Waals surface area contributed by atoms with Gasteiger partial charge in [-0.2, -0.15) is 4.31 Å². The first-order chi connectivity index (χ1) is 8.97. The van der Waals surface area contributed by atoms with Crippen LogP contribution in [0.1, 0.15) is 6.42 Å². The summed E-state index contributed by atoms with van der Waals surface area (Å²) in [7, 11) is -3.35. The zero-order chi connectivity index (χ0) is 13.9. The molecule has 2 rings (SSSR count). The van der Waals surface area contributed by atoms with Crippen molar-refractivity contribution in [2.45, 2.75) is 12.5 Å². The largest absolute Gasteiger partial charge is 0.492 e. The van der Waals surface area contributed by atoms with E-state index in [1.165, 1.54) is 4.31 Å². The number of nitrogens with two attached hydrogens (primary N) is 1. The molecule has 7 heteroatoms. The van der Waals surface area contributed by atoms with Gasteiger partial charge in [0.25, 0.3) is 0 Å². The Balaban J connectivity index is 1.83. The minimum Gasteiger partial charge on any atom is -0.492 e. The van der Waals surface area contributed by atoms with Crippen LogP contribution in [0.15, 0.2) is 24.3 Å². The smallest absolute Gasteiger partial charge is 0.217 e. The molecular weight excluding hydrogens is 268 g/mol. The van der Waals surface area contributed by atoms with Crippen molar-refractivity contribution in [2.75, 3.05) is 31.2 Å². The van der Waals surface area contributed by atoms with Crippen LogP contribution < -0.4 is 10.5 Å². The van der Waals surface area contributed by atoms with Crippen LogP contribution in [0.5, 0.6) is 5.75 Å². The fraction of sp³-hybridized carbons (Fsp3) is 0.500. The topological polar surface area (TPSA) is 92.9 Å². The van der Waals surface area contributed by atoms with Crippen molar-refractivity contribution in [3.8, 4) is 5.75 Å². The molecule has 1 fully saturated rings. The first kappa shape index (κ1) is 14.1. The van der Waals surface area contributed by atoms with Crippen molar-refractivity contribution < 1.29 is 18.3 Å². The van der Waals surface area contributed by atoms with Crippen LogP contribution in [-0.2, 0) is 10.0 Å². The molecule has 1 aromatic carbocycles. The maximum Gasteiger partial charge on any atom is 0.217 e. The first-order valence-electron chi connectivity index (χ1n) is 6.11. The Kier molecular flexibility index (Phi) is 4.28. The standard InChI is InChI=1S/C12H18N2O4S/c13-10-1-3-12(4-2-10)18-7-8-19(16,17)14-6-5-11(15)9-14/h1-4,11,15H,5-9,13H2/t11-/m1/s1. The number of ether oxygens (including phenoxy) is 1. The Morgan fingerprint density at radius 1 is 1.37 bits per heavy atom. The predicted molar refractivity (Wildman–Crippen MR) is 72.3 cm³/mol. The van der Waals surface area contributed by atoms with Gasteiger partial charge in [-0.15, -0.1) is 0 Å². The third-order valence-corrected chi connectivity index (χ3v) is 4.81. The lowest BCUT2D eigenvalue weighted by atomic mass is 10.3. The van der Waals surface area contributed by atoms with Crippen LogP contribution in [0, 0.1) is 0 Å². The van der Waals surface area contributed by atoms with Crippen LogP contribution in [-0.4, -0.2) is 49.4 Å². The van der Waals surface area contributed by atoms with Gasteiger partial charge in [-0.1, -0.05) is 0 Å². The summed E-state index contributed by atoms with van der Waals surface area (Å²) in [6.07, 6.45) is -0.0503. The highest BCUT2D eigenvalue weighted by Gasteiger charge is 2.29. The molecule has 0 bridgehead atoms. The van der Waals surface area contributed by atoms with Crippen LogP contribution in [0.3, 0.4) is 0 Å². The van der Waals surface area contributed by atoms with Crippen LogP contribution >= 0.6 is 0 Å². The number of sulfonamides is 1. The molecule has 0 spiro atoms. The highest BCUT2D eigenvalue weighted by molar-refractivity contribution is 7.89. The molecule has 0 saturated carbocycles. The summed E-state index contributed by atoms with van der Waals surface area (Å²) in [6.45, 7) is 0.647. The number of hydrogen-bond donors (Lipinski definition) is 2. The van der Waals surface area contributed by atoms with E-state index in [1.807, 2.05) is 0 Å². The fourth-order valence-electron chi connectivity index (χ4n) is 1.92. The van der Waals surface area contributed by atoms with E-state index in [2.05, 4.69) is 0 Å². The summed E-state index contributed by atoms with van der Waals surface area (Å²) in [5.74, 6) is 0.496. The molecule has 1 atom stereocenters. The highest BCUT2D eigenvalue weighted by atomic mass is 32.2. The van der Waals surface area contributed by atoms with E-state index in [0.717, 1.165) is 0 Å². The minimum absolute atomic E-state index is 0.0822. The van der Waals surface area contributed by atoms with Crippen molar-refractivity contribution >= 4 is 15.7 Å². The molecule has 6 nitrogen and oxygen atoms in total. The zero-order valence-corrected chi connectivity index (χ0v) is 11.3. The molecule has 1 saturated heterocycles. The van der Waals surface area contributed by atoms with E-state index in [-0.39, 0.29) is 18.9 Å². The van der Waals surface area contributed by atoms with E-state index in [0.29, 0.717) is 24.4 Å². The Labute approximate surface area is 112 Å². The van der Waals surface area contributed by atoms with Gasteiger partial charge in [-0.25, -0.2) is 8.42 Å². The van der Waals surface area contributed by atoms with E-state index >= 15 is 0 Å². The molecule has 0 radical (unpaired) electrons. The van der Waals surface area contributed by atoms with Crippen molar-refractivity contribution in [1.82, 2.24) is 4.31 Å². The molecule has 19 heavy (non-hydrogen) atoms. The Morgan fingerprint density at radius 3 is 2.63 bits per heavy atom. The van der Waals surface area contributed by atoms with Crippen molar-refractivity contribution in [2.24, 2.45) is 0 Å². The second-order valence-electron chi connectivity index (χ2n) is 4.53. The second-order valence-corrected chi connectivity index (χ2v) is 6.62. The Morgan fingerprint density at radius 2 is 2.05 bits per heavy atom. The maximum absolute atomic E-state index is 11.9. The van der Waals surface area contributed by atoms with Crippen molar-refractivity contribution in [3.05, 3.63) is 24.3 Å². The number of nitrogen functional groups attached to an aromatic ring is 1. The van der Waals surface area contributed by atoms with Gasteiger partial charge in [-0.05, 0) is 30.7 Å². The molecule has 1 aromatic rings. The number of aliphatic hydroxyl groups is 1. The summed E-state index contributed by atoms with van der Waals surface area (Å²) in [5.41, 5.74) is 6.17. The van der Waals surface area contributed by atoms with Gasteiger partial charge in [0, 0.05) is 18.8 Å². The average Bonchev–Trinajstić information content (AvgIpc) is 2.79. The fourth-order valence-corrected chi connectivity index (χ4v) is 3.26. The molecule has 3 N–H and O–H groups in total. The van der Waals surface area contributed by atoms with Gasteiger partial charge in [0.2, 0.25) is 10.0 Å². The molecule has 1 aliphatic rings. The highest BCUT2D eigenvalue weighted by Crippen LogP contribution is 2.15. The SMILES string of the molecule is Nc1ccc(OCCS(=O)(=O)N2CC[C@@H](O)C2)cc1. The number of benzene rings is 1. The Hall–Kier alpha value is -1.31. The summed E-state index contributed by atoms with van der Waals surface area (Å²) in [4.78, 5) is 0. The van der Waals surface area contributed by atoms with E-state index < -0.39 is 16.1 Å². The number of nitrogens with zero attached hydrogens (tertiary/aromatic N) is 1. The van der Waals surface area contributed by atoms with Crippen LogP contribution in [0.2, 0.25) is 0 Å². The van der Waals surface area contributed by atoms with Gasteiger partial charge in [0.1, 0.15) is 12.4 Å². The van der Waals surface area contributed by atoms with Gasteiger partial charge in [0.05, 0.1) is 11.9 Å². The lowest BCUT2D eigenvalue weighted by Gasteiger charge is -2.15. The van der Waals surface area contributed by atoms with Crippen molar-refractivity contribution in [1.29, 1.82) is 0 Å². The number of aliphatic hydroxyl groups excluding tert-OH is 1. The molecule has 1 aliphatic heterocycles. The van der Waals surface area contributed by atoms with E-state index in [4.69, 9.17) is 10.5 Å². The summed E-state index contributed by atoms with van der Waals surface area (Å²) in [5, 5.41) is 9.34. The van der Waals surface area contributed by atoms with Crippen LogP contribution in [0.25, 0.3) is 0 Å². The average molecular weight is 286 g/mol. The molecular formula is C12H18N2O4S. The quantitative estimate of drug-likeness (QED) is 0.746. The molecule has 0 aliphatic carbocycles. The third kappa shape index (κ3) is 3.82. The third-order valence-electron chi connectivity index (χ3n) is 3.01. The van der Waals surface area contributed by atoms with Gasteiger partial charge >= 0.3 is 0 Å². The number of hydrogen-bond acceptors (Lipinski definition) is 5. The molecule has 1 heterocycles. The summed E-state index contributed by atoms with van der Waals surface area (Å²) >= 11 is 0. The lowest BCUT2D eigenvalue weighted by Crippen LogP contribution is -2.33. The van der Waals surface area contributed by atoms with E-state index in [1.54, 1.807) is 24.3 Å².